The number of thiophene rings is 1. The summed E-state index contributed by atoms with van der Waals surface area (Å²) >= 11 is 3.18. The van der Waals surface area contributed by atoms with E-state index in [1.165, 1.54) is 0 Å². The van der Waals surface area contributed by atoms with E-state index in [1.54, 1.807) is 41.3 Å². The van der Waals surface area contributed by atoms with Crippen LogP contribution in [0.5, 0.6) is 0 Å². The number of nitrogens with one attached hydrogen (secondary N) is 3. The first kappa shape index (κ1) is 65.7. The van der Waals surface area contributed by atoms with Crippen molar-refractivity contribution >= 4 is 127 Å². The molecule has 9 N–H and O–H groups in total. The third-order valence-electron chi connectivity index (χ3n) is 21.6. The molecule has 1 atom stereocenters. The number of nitrogen functional groups attached to an aromatic ring is 3. The Morgan fingerprint density at radius 2 is 0.925 bits per heavy atom. The minimum atomic E-state index is -0.114. The van der Waals surface area contributed by atoms with Crippen molar-refractivity contribution in [3.8, 4) is 34.2 Å². The fraction of sp³-hybridized carbons (Fsp3) is 0.220. The number of fused-ring (bicyclic) bond motifs is 8. The fourth-order valence-electron chi connectivity index (χ4n) is 16.0. The number of carbonyl (C=O) groups excluding carboxylic acids is 3. The zero-order valence-electron chi connectivity index (χ0n) is 58.1. The number of anilines is 3. The van der Waals surface area contributed by atoms with E-state index in [9.17, 15) is 14.4 Å². The SMILES string of the molecule is CC1=CCC=CC1C(=O)N1CCC(c2nc(-c3cc4ccccc4[nH]3)c3c(N)nccn23)CC1.Nc1nccn2c(C3CCN(C(=O)c4ccc5ncsc5c4)CC3)nc(-c3cc4ccccc4[nH]3)c12.Nc1nccn2c(C3CCN(C(=O)c4csc5ccccc45)CC3)nc(-c3cc4ccccc4[nH]3)c12. The number of carbonyl (C=O) groups is 3. The molecular formula is C82H75N19O3S2. The van der Waals surface area contributed by atoms with Crippen molar-refractivity contribution in [3.63, 3.8) is 0 Å². The number of thiazole rings is 1. The molecule has 20 rings (SSSR count). The minimum absolute atomic E-state index is 0.0731. The average Bonchev–Trinajstić information content (AvgIpc) is 1.61. The average molecular weight is 1440 g/mol. The number of para-hydroxylation sites is 3. The maximum absolute atomic E-state index is 13.3. The van der Waals surface area contributed by atoms with Gasteiger partial charge in [-0.1, -0.05) is 96.6 Å². The molecule has 3 amide bonds. The fourth-order valence-corrected chi connectivity index (χ4v) is 17.7. The number of hydrogen-bond donors (Lipinski definition) is 6. The molecule has 14 heterocycles. The lowest BCUT2D eigenvalue weighted by molar-refractivity contribution is -0.134. The van der Waals surface area contributed by atoms with Gasteiger partial charge < -0.3 is 46.9 Å². The highest BCUT2D eigenvalue weighted by Crippen LogP contribution is 2.41. The number of piperidine rings is 3. The number of allylic oxidation sites excluding steroid dienone is 2. The van der Waals surface area contributed by atoms with E-state index < -0.39 is 0 Å². The molecule has 4 aliphatic rings. The van der Waals surface area contributed by atoms with Gasteiger partial charge in [-0.2, -0.15) is 0 Å². The molecule has 22 nitrogen and oxygen atoms in total. The molecule has 24 heteroatoms. The molecule has 16 aromatic rings. The van der Waals surface area contributed by atoms with E-state index in [4.69, 9.17) is 32.2 Å². The van der Waals surface area contributed by atoms with E-state index in [0.717, 1.165) is 196 Å². The highest BCUT2D eigenvalue weighted by Gasteiger charge is 2.35. The lowest BCUT2D eigenvalue weighted by Crippen LogP contribution is -2.41. The summed E-state index contributed by atoms with van der Waals surface area (Å²) in [7, 11) is 0. The Bertz CT molecular complexity index is 6040. The summed E-state index contributed by atoms with van der Waals surface area (Å²) in [5.41, 5.74) is 35.3. The second-order valence-corrected chi connectivity index (χ2v) is 29.7. The molecular weight excluding hydrogens is 1360 g/mol. The number of aromatic nitrogens is 13. The van der Waals surface area contributed by atoms with Gasteiger partial charge in [-0.3, -0.25) is 27.6 Å². The van der Waals surface area contributed by atoms with Crippen molar-refractivity contribution in [2.45, 2.75) is 69.6 Å². The molecule has 11 aromatic heterocycles. The third kappa shape index (κ3) is 12.0. The Kier molecular flexibility index (Phi) is 17.0. The van der Waals surface area contributed by atoms with Crippen molar-refractivity contribution in [3.05, 3.63) is 234 Å². The first-order chi connectivity index (χ1) is 51.9. The van der Waals surface area contributed by atoms with Crippen LogP contribution in [0.3, 0.4) is 0 Å². The largest absolute Gasteiger partial charge is 0.382 e. The van der Waals surface area contributed by atoms with Gasteiger partial charge in [0, 0.05) is 148 Å². The summed E-state index contributed by atoms with van der Waals surface area (Å²) in [5.74, 6) is 5.27. The Morgan fingerprint density at radius 1 is 0.481 bits per heavy atom. The van der Waals surface area contributed by atoms with Crippen LogP contribution in [0.25, 0.3) is 104 Å². The molecule has 1 aliphatic carbocycles. The van der Waals surface area contributed by atoms with E-state index in [1.807, 2.05) is 123 Å². The molecule has 1 unspecified atom stereocenters. The van der Waals surface area contributed by atoms with E-state index in [2.05, 4.69) is 128 Å². The van der Waals surface area contributed by atoms with Crippen LogP contribution in [0.2, 0.25) is 0 Å². The number of rotatable bonds is 9. The number of hydrogen-bond acceptors (Lipinski definition) is 15. The molecule has 3 aliphatic heterocycles. The summed E-state index contributed by atoms with van der Waals surface area (Å²) < 4.78 is 8.42. The molecule has 5 aromatic carbocycles. The van der Waals surface area contributed by atoms with Crippen molar-refractivity contribution in [2.75, 3.05) is 56.5 Å². The highest BCUT2D eigenvalue weighted by atomic mass is 32.1. The van der Waals surface area contributed by atoms with Crippen LogP contribution < -0.4 is 17.2 Å². The van der Waals surface area contributed by atoms with Gasteiger partial charge in [0.1, 0.15) is 68.6 Å². The number of aromatic amines is 3. The molecule has 0 bridgehead atoms. The maximum Gasteiger partial charge on any atom is 0.255 e. The van der Waals surface area contributed by atoms with Crippen LogP contribution in [0.1, 0.15) is 108 Å². The van der Waals surface area contributed by atoms with Crippen LogP contribution in [0.15, 0.2) is 205 Å². The number of nitrogens with zero attached hydrogens (tertiary/aromatic N) is 13. The molecule has 0 saturated carbocycles. The lowest BCUT2D eigenvalue weighted by atomic mass is 9.90. The van der Waals surface area contributed by atoms with Gasteiger partial charge in [-0.25, -0.2) is 34.9 Å². The number of likely N-dealkylation sites (tertiary alicyclic amines) is 3. The lowest BCUT2D eigenvalue weighted by Gasteiger charge is -2.34. The Morgan fingerprint density at radius 3 is 1.40 bits per heavy atom. The van der Waals surface area contributed by atoms with Crippen molar-refractivity contribution in [2.24, 2.45) is 5.92 Å². The molecule has 528 valence electrons. The Balaban J connectivity index is 0.000000113. The number of nitrogens with two attached hydrogens (primary N) is 3. The van der Waals surface area contributed by atoms with E-state index >= 15 is 0 Å². The summed E-state index contributed by atoms with van der Waals surface area (Å²) in [5, 5.41) is 6.42. The zero-order chi connectivity index (χ0) is 71.7. The number of H-pyrrole nitrogens is 3. The summed E-state index contributed by atoms with van der Waals surface area (Å²) in [6.45, 7) is 6.29. The number of benzene rings is 5. The Hall–Kier alpha value is -12.3. The quantitative estimate of drug-likeness (QED) is 0.0734. The van der Waals surface area contributed by atoms with Gasteiger partial charge in [0.2, 0.25) is 5.91 Å². The normalized spacial score (nSPS) is 16.2. The highest BCUT2D eigenvalue weighted by molar-refractivity contribution is 7.17. The zero-order valence-corrected chi connectivity index (χ0v) is 59.8. The molecule has 3 fully saturated rings. The number of imidazole rings is 3. The van der Waals surface area contributed by atoms with Gasteiger partial charge in [0.05, 0.1) is 44.3 Å². The number of amides is 3. The van der Waals surface area contributed by atoms with Gasteiger partial charge in [-0.15, -0.1) is 22.7 Å². The smallest absolute Gasteiger partial charge is 0.255 e. The predicted octanol–water partition coefficient (Wildman–Crippen LogP) is 15.5. The van der Waals surface area contributed by atoms with Gasteiger partial charge in [0.25, 0.3) is 11.8 Å². The second kappa shape index (κ2) is 27.4. The van der Waals surface area contributed by atoms with Crippen LogP contribution in [-0.2, 0) is 4.79 Å². The minimum Gasteiger partial charge on any atom is -0.382 e. The molecule has 106 heavy (non-hydrogen) atoms. The van der Waals surface area contributed by atoms with Crippen LogP contribution in [-0.4, -0.2) is 135 Å². The van der Waals surface area contributed by atoms with E-state index in [0.29, 0.717) is 43.6 Å². The second-order valence-electron chi connectivity index (χ2n) is 27.9. The standard InChI is InChI=1S/C28H24N6OS.C27H23N7OS.C27H28N6O/c29-26-25-24(22-15-18-5-1-3-7-21(18)31-22)32-27(34(25)14-11-30-26)17-9-12-33(13-10-17)28(35)20-16-36-23-8-4-2-6-19(20)23;28-25-24-23(21-13-17-3-1-2-4-19(17)31-21)32-26(34(24)12-9-29-25)16-7-10-33(11-8-16)27(35)18-5-6-20-22(14-18)36-15-30-20;1-17-6-2-4-8-20(17)27(34)32-13-10-18(11-14-32)26-31-23(24-25(28)29-12-15-33(24)26)22-16-19-7-3-5-9-21(19)30-22/h1-8,11,14-17,31H,9-10,12-13H2,(H2,29,30);1-6,9,12-16,31H,7-8,10-11H2,(H2,28,29);3-9,12,15-16,18,20,30H,2,10-11,13-14H2,1H3,(H2,28,29). The maximum atomic E-state index is 13.3. The summed E-state index contributed by atoms with van der Waals surface area (Å²) in [6.07, 6.45) is 23.3. The topological polar surface area (TPSA) is 290 Å². The summed E-state index contributed by atoms with van der Waals surface area (Å²) in [6, 6.07) is 44.7. The predicted molar refractivity (Wildman–Crippen MR) is 421 cm³/mol. The van der Waals surface area contributed by atoms with Crippen LogP contribution in [0, 0.1) is 5.92 Å². The van der Waals surface area contributed by atoms with E-state index in [-0.39, 0.29) is 41.4 Å². The summed E-state index contributed by atoms with van der Waals surface area (Å²) in [4.78, 5) is 88.7. The first-order valence-corrected chi connectivity index (χ1v) is 37.8. The molecule has 0 radical (unpaired) electrons. The first-order valence-electron chi connectivity index (χ1n) is 36.0. The molecule has 0 spiro atoms. The van der Waals surface area contributed by atoms with Crippen molar-refractivity contribution in [1.29, 1.82) is 0 Å². The van der Waals surface area contributed by atoms with Gasteiger partial charge in [0.15, 0.2) is 0 Å². The van der Waals surface area contributed by atoms with Crippen molar-refractivity contribution < 1.29 is 14.4 Å². The monoisotopic (exact) mass is 1440 g/mol. The van der Waals surface area contributed by atoms with Gasteiger partial charge in [-0.05, 0) is 113 Å². The van der Waals surface area contributed by atoms with Crippen LogP contribution >= 0.6 is 22.7 Å². The van der Waals surface area contributed by atoms with Gasteiger partial charge >= 0.3 is 0 Å². The molecule has 3 saturated heterocycles. The Labute approximate surface area is 616 Å². The van der Waals surface area contributed by atoms with Crippen molar-refractivity contribution in [1.82, 2.24) is 77.7 Å². The van der Waals surface area contributed by atoms with Crippen LogP contribution in [0.4, 0.5) is 17.5 Å². The third-order valence-corrected chi connectivity index (χ3v) is 23.4.